The number of hydrogen-bond donors (Lipinski definition) is 0. The van der Waals surface area contributed by atoms with E-state index < -0.39 is 6.10 Å². The minimum atomic E-state index is -0.764. The number of unbranched alkanes of at least 4 members (excludes halogenated alkanes) is 33. The van der Waals surface area contributed by atoms with Gasteiger partial charge in [0.1, 0.15) is 13.2 Å². The summed E-state index contributed by atoms with van der Waals surface area (Å²) in [6.07, 6.45) is 67.0. The lowest BCUT2D eigenvalue weighted by Crippen LogP contribution is -2.30. The Morgan fingerprint density at radius 1 is 0.318 bits per heavy atom. The van der Waals surface area contributed by atoms with Crippen molar-refractivity contribution in [1.82, 2.24) is 0 Å². The van der Waals surface area contributed by atoms with Crippen LogP contribution in [0.5, 0.6) is 0 Å². The van der Waals surface area contributed by atoms with Crippen LogP contribution in [0.2, 0.25) is 0 Å². The Labute approximate surface area is 409 Å². The summed E-state index contributed by atoms with van der Waals surface area (Å²) < 4.78 is 16.8. The molecule has 6 heteroatoms. The minimum Gasteiger partial charge on any atom is -0.462 e. The zero-order valence-corrected chi connectivity index (χ0v) is 44.0. The second-order valence-electron chi connectivity index (χ2n) is 19.2. The van der Waals surface area contributed by atoms with Crippen molar-refractivity contribution >= 4 is 17.9 Å². The highest BCUT2D eigenvalue weighted by Gasteiger charge is 2.19. The van der Waals surface area contributed by atoms with Crippen LogP contribution in [0.3, 0.4) is 0 Å². The molecule has 0 radical (unpaired) electrons. The second kappa shape index (κ2) is 55.0. The van der Waals surface area contributed by atoms with Crippen LogP contribution >= 0.6 is 0 Å². The molecule has 0 aromatic heterocycles. The molecule has 0 aliphatic carbocycles. The lowest BCUT2D eigenvalue weighted by molar-refractivity contribution is -0.167. The molecule has 0 saturated carbocycles. The molecule has 0 fully saturated rings. The maximum absolute atomic E-state index is 12.7. The van der Waals surface area contributed by atoms with E-state index >= 15 is 0 Å². The van der Waals surface area contributed by atoms with E-state index in [1.165, 1.54) is 173 Å². The highest BCUT2D eigenvalue weighted by atomic mass is 16.6. The van der Waals surface area contributed by atoms with Crippen LogP contribution in [0.4, 0.5) is 0 Å². The van der Waals surface area contributed by atoms with Gasteiger partial charge in [-0.2, -0.15) is 0 Å². The highest BCUT2D eigenvalue weighted by Crippen LogP contribution is 2.17. The molecule has 0 spiro atoms. The largest absolute Gasteiger partial charge is 0.462 e. The fraction of sp³-hybridized carbons (Fsp3) is 0.817. The first-order chi connectivity index (χ1) is 32.5. The first kappa shape index (κ1) is 63.4. The predicted octanol–water partition coefficient (Wildman–Crippen LogP) is 19.0. The van der Waals surface area contributed by atoms with Crippen molar-refractivity contribution in [2.45, 2.75) is 303 Å². The van der Waals surface area contributed by atoms with Gasteiger partial charge in [-0.15, -0.1) is 0 Å². The molecular formula is C60H108O6. The average molecular weight is 926 g/mol. The molecule has 0 N–H and O–H groups in total. The molecule has 0 saturated heterocycles. The van der Waals surface area contributed by atoms with Crippen LogP contribution in [0, 0.1) is 0 Å². The highest BCUT2D eigenvalue weighted by molar-refractivity contribution is 5.71. The van der Waals surface area contributed by atoms with Gasteiger partial charge in [-0.1, -0.05) is 268 Å². The lowest BCUT2D eigenvalue weighted by atomic mass is 10.0. The maximum atomic E-state index is 12.7. The van der Waals surface area contributed by atoms with Gasteiger partial charge in [0.25, 0.3) is 0 Å². The van der Waals surface area contributed by atoms with Crippen molar-refractivity contribution in [3.05, 3.63) is 48.6 Å². The first-order valence-corrected chi connectivity index (χ1v) is 28.6. The Bertz CT molecular complexity index is 1150. The van der Waals surface area contributed by atoms with E-state index in [-0.39, 0.29) is 31.1 Å². The van der Waals surface area contributed by atoms with Crippen LogP contribution in [0.1, 0.15) is 297 Å². The van der Waals surface area contributed by atoms with Gasteiger partial charge >= 0.3 is 17.9 Å². The number of rotatable bonds is 52. The monoisotopic (exact) mass is 925 g/mol. The topological polar surface area (TPSA) is 78.9 Å². The fourth-order valence-electron chi connectivity index (χ4n) is 8.32. The molecule has 0 aromatic rings. The Morgan fingerprint density at radius 3 is 0.924 bits per heavy atom. The van der Waals surface area contributed by atoms with E-state index in [1.54, 1.807) is 0 Å². The fourth-order valence-corrected chi connectivity index (χ4v) is 8.32. The van der Waals surface area contributed by atoms with E-state index in [0.717, 1.165) is 83.5 Å². The van der Waals surface area contributed by atoms with E-state index in [2.05, 4.69) is 69.4 Å². The number of carbonyl (C=O) groups is 3. The van der Waals surface area contributed by atoms with Crippen molar-refractivity contribution < 1.29 is 28.6 Å². The van der Waals surface area contributed by atoms with Crippen LogP contribution in [0.25, 0.3) is 0 Å². The Hall–Kier alpha value is -2.63. The van der Waals surface area contributed by atoms with Gasteiger partial charge in [0, 0.05) is 19.3 Å². The van der Waals surface area contributed by atoms with Gasteiger partial charge in [0.15, 0.2) is 6.10 Å². The molecule has 0 aliphatic rings. The molecule has 384 valence electrons. The summed E-state index contributed by atoms with van der Waals surface area (Å²) in [6, 6.07) is 0. The van der Waals surface area contributed by atoms with Gasteiger partial charge in [0.2, 0.25) is 0 Å². The van der Waals surface area contributed by atoms with Crippen LogP contribution < -0.4 is 0 Å². The van der Waals surface area contributed by atoms with Gasteiger partial charge < -0.3 is 14.2 Å². The molecule has 1 atom stereocenters. The minimum absolute atomic E-state index is 0.0677. The second-order valence-corrected chi connectivity index (χ2v) is 19.2. The van der Waals surface area contributed by atoms with Gasteiger partial charge in [-0.25, -0.2) is 0 Å². The Balaban J connectivity index is 4.02. The average Bonchev–Trinajstić information content (AvgIpc) is 3.31. The molecule has 1 unspecified atom stereocenters. The number of ether oxygens (including phenoxy) is 3. The molecule has 0 aromatic carbocycles. The SMILES string of the molecule is CC/C=C\C/C=C\C/C=C\C/C=C\CCCCCCCCCCCCCCCCCCC(=O)OCC(COC(=O)CCCCCCCCCC)OC(=O)CCCCCCCCCCCCC. The van der Waals surface area contributed by atoms with Crippen LogP contribution in [-0.2, 0) is 28.6 Å². The Kier molecular flexibility index (Phi) is 52.8. The number of carbonyl (C=O) groups excluding carboxylic acids is 3. The standard InChI is InChI=1S/C60H108O6/c1-4-7-10-13-16-19-21-22-23-24-25-26-27-28-29-30-31-32-33-34-35-36-37-38-40-41-44-47-50-53-59(62)65-56-57(55-64-58(61)52-49-46-43-18-15-12-9-6-3)66-60(63)54-51-48-45-42-39-20-17-14-11-8-5-2/h7,10,16,19,22-23,25-26,57H,4-6,8-9,11-15,17-18,20-21,24,27-56H2,1-3H3/b10-7-,19-16-,23-22-,26-25-. The third kappa shape index (κ3) is 52.3. The van der Waals surface area contributed by atoms with E-state index in [9.17, 15) is 14.4 Å². The normalized spacial score (nSPS) is 12.3. The molecule has 0 rings (SSSR count). The Morgan fingerprint density at radius 2 is 0.591 bits per heavy atom. The summed E-state index contributed by atoms with van der Waals surface area (Å²) in [6.45, 7) is 6.52. The first-order valence-electron chi connectivity index (χ1n) is 28.6. The maximum Gasteiger partial charge on any atom is 0.306 e. The van der Waals surface area contributed by atoms with Crippen molar-refractivity contribution in [3.8, 4) is 0 Å². The lowest BCUT2D eigenvalue weighted by Gasteiger charge is -2.18. The smallest absolute Gasteiger partial charge is 0.306 e. The number of allylic oxidation sites excluding steroid dienone is 8. The van der Waals surface area contributed by atoms with Crippen LogP contribution in [0.15, 0.2) is 48.6 Å². The number of esters is 3. The summed E-state index contributed by atoms with van der Waals surface area (Å²) in [5.41, 5.74) is 0. The van der Waals surface area contributed by atoms with E-state index in [1.807, 2.05) is 0 Å². The molecule has 6 nitrogen and oxygen atoms in total. The molecule has 66 heavy (non-hydrogen) atoms. The summed E-state index contributed by atoms with van der Waals surface area (Å²) in [5, 5.41) is 0. The van der Waals surface area contributed by atoms with Gasteiger partial charge in [-0.3, -0.25) is 14.4 Å². The summed E-state index contributed by atoms with van der Waals surface area (Å²) in [7, 11) is 0. The molecule has 0 aliphatic heterocycles. The number of hydrogen-bond acceptors (Lipinski definition) is 6. The summed E-state index contributed by atoms with van der Waals surface area (Å²) in [4.78, 5) is 37.9. The van der Waals surface area contributed by atoms with Crippen molar-refractivity contribution in [2.24, 2.45) is 0 Å². The quantitative estimate of drug-likeness (QED) is 0.0262. The molecule has 0 heterocycles. The van der Waals surface area contributed by atoms with Gasteiger partial charge in [0.05, 0.1) is 0 Å². The molecule has 0 amide bonds. The summed E-state index contributed by atoms with van der Waals surface area (Å²) in [5.74, 6) is -0.860. The zero-order chi connectivity index (χ0) is 47.9. The van der Waals surface area contributed by atoms with Crippen molar-refractivity contribution in [1.29, 1.82) is 0 Å². The van der Waals surface area contributed by atoms with Gasteiger partial charge in [-0.05, 0) is 57.8 Å². The third-order valence-electron chi connectivity index (χ3n) is 12.6. The summed E-state index contributed by atoms with van der Waals surface area (Å²) >= 11 is 0. The van der Waals surface area contributed by atoms with E-state index in [4.69, 9.17) is 14.2 Å². The molecule has 0 bridgehead atoms. The third-order valence-corrected chi connectivity index (χ3v) is 12.6. The van der Waals surface area contributed by atoms with E-state index in [0.29, 0.717) is 19.3 Å². The predicted molar refractivity (Wildman–Crippen MR) is 284 cm³/mol. The molecular weight excluding hydrogens is 817 g/mol. The van der Waals surface area contributed by atoms with Crippen molar-refractivity contribution in [3.63, 3.8) is 0 Å². The van der Waals surface area contributed by atoms with Crippen LogP contribution in [-0.4, -0.2) is 37.2 Å². The zero-order valence-electron chi connectivity index (χ0n) is 44.0. The van der Waals surface area contributed by atoms with Crippen molar-refractivity contribution in [2.75, 3.05) is 13.2 Å².